The highest BCUT2D eigenvalue weighted by molar-refractivity contribution is 5.59. The largest absolute Gasteiger partial charge is 0.508 e. The Balaban J connectivity index is 2.01. The van der Waals surface area contributed by atoms with Crippen LogP contribution in [0.3, 0.4) is 0 Å². The zero-order chi connectivity index (χ0) is 24.4. The van der Waals surface area contributed by atoms with Gasteiger partial charge in [-0.3, -0.25) is 14.3 Å². The number of ether oxygens (including phenoxy) is 4. The van der Waals surface area contributed by atoms with Crippen LogP contribution in [0, 0.1) is 12.3 Å². The number of rotatable bonds is 11. The lowest BCUT2D eigenvalue weighted by atomic mass is 10.2. The Labute approximate surface area is 188 Å². The standard InChI is InChI=1S/C21H27F3N2O7/c1-3-5-6-7-8-10-31-20(29)32-13-16-15(30-9-4-2)11-17(33-16)26-12-14(21(22,23)24)18(27)25-19(26)28/h2,12,15-17H,3,5-11,13H2,1H3,(H,25,27,28)/t15-,16+,17+/m0/s1. The third-order valence-electron chi connectivity index (χ3n) is 4.98. The van der Waals surface area contributed by atoms with Crippen molar-refractivity contribution in [3.8, 4) is 12.3 Å². The SMILES string of the molecule is C#CCO[C@H]1C[C@H](n2cc(C(F)(F)F)c(=O)[nH]c2=O)O[C@@H]1COC(=O)OCCCCCCC. The van der Waals surface area contributed by atoms with E-state index in [9.17, 15) is 27.6 Å². The maximum Gasteiger partial charge on any atom is 0.508 e. The van der Waals surface area contributed by atoms with Crippen molar-refractivity contribution in [2.24, 2.45) is 0 Å². The quantitative estimate of drug-likeness (QED) is 0.297. The minimum atomic E-state index is -4.97. The number of hydrogen-bond acceptors (Lipinski definition) is 7. The fraction of sp³-hybridized carbons (Fsp3) is 0.667. The summed E-state index contributed by atoms with van der Waals surface area (Å²) in [6.45, 7) is 1.83. The van der Waals surface area contributed by atoms with Gasteiger partial charge in [0.05, 0.1) is 12.7 Å². The van der Waals surface area contributed by atoms with Gasteiger partial charge < -0.3 is 18.9 Å². The molecule has 0 spiro atoms. The number of nitrogens with zero attached hydrogens (tertiary/aromatic N) is 1. The predicted molar refractivity (Wildman–Crippen MR) is 109 cm³/mol. The normalized spacial score (nSPS) is 20.4. The Morgan fingerprint density at radius 3 is 2.67 bits per heavy atom. The van der Waals surface area contributed by atoms with Crippen molar-refractivity contribution >= 4 is 6.16 Å². The molecule has 184 valence electrons. The van der Waals surface area contributed by atoms with Crippen molar-refractivity contribution in [3.05, 3.63) is 32.6 Å². The summed E-state index contributed by atoms with van der Waals surface area (Å²) in [7, 11) is 0. The van der Waals surface area contributed by atoms with Crippen molar-refractivity contribution in [1.82, 2.24) is 9.55 Å². The topological polar surface area (TPSA) is 109 Å². The number of halogens is 3. The van der Waals surface area contributed by atoms with E-state index in [1.165, 1.54) is 0 Å². The number of H-pyrrole nitrogens is 1. The Morgan fingerprint density at radius 2 is 2.00 bits per heavy atom. The van der Waals surface area contributed by atoms with Gasteiger partial charge in [-0.15, -0.1) is 6.42 Å². The molecule has 2 heterocycles. The molecule has 1 saturated heterocycles. The Kier molecular flexibility index (Phi) is 9.99. The maximum atomic E-state index is 13.1. The molecule has 33 heavy (non-hydrogen) atoms. The first-order chi connectivity index (χ1) is 15.7. The van der Waals surface area contributed by atoms with Crippen LogP contribution in [-0.4, -0.2) is 47.7 Å². The van der Waals surface area contributed by atoms with Crippen LogP contribution in [0.2, 0.25) is 0 Å². The Hall–Kier alpha value is -2.78. The molecule has 0 unspecified atom stereocenters. The molecule has 12 heteroatoms. The number of hydrogen-bond donors (Lipinski definition) is 1. The van der Waals surface area contributed by atoms with E-state index in [1.807, 2.05) is 0 Å². The third-order valence-corrected chi connectivity index (χ3v) is 4.98. The lowest BCUT2D eigenvalue weighted by molar-refractivity contribution is -0.139. The Bertz CT molecular complexity index is 936. The highest BCUT2D eigenvalue weighted by Gasteiger charge is 2.40. The predicted octanol–water partition coefficient (Wildman–Crippen LogP) is 2.98. The van der Waals surface area contributed by atoms with Crippen molar-refractivity contribution in [2.75, 3.05) is 19.8 Å². The van der Waals surface area contributed by atoms with Crippen LogP contribution in [0.4, 0.5) is 18.0 Å². The van der Waals surface area contributed by atoms with E-state index in [1.54, 1.807) is 4.98 Å². The summed E-state index contributed by atoms with van der Waals surface area (Å²) in [6, 6.07) is 0. The number of aromatic nitrogens is 2. The van der Waals surface area contributed by atoms with Crippen molar-refractivity contribution in [3.63, 3.8) is 0 Å². The first kappa shape index (κ1) is 26.5. The van der Waals surface area contributed by atoms with E-state index in [0.29, 0.717) is 17.2 Å². The summed E-state index contributed by atoms with van der Waals surface area (Å²) in [5.41, 5.74) is -4.19. The van der Waals surface area contributed by atoms with Crippen LogP contribution in [0.1, 0.15) is 57.2 Å². The average molecular weight is 476 g/mol. The summed E-state index contributed by atoms with van der Waals surface area (Å²) >= 11 is 0. The fourth-order valence-electron chi connectivity index (χ4n) is 3.31. The molecule has 0 saturated carbocycles. The van der Waals surface area contributed by atoms with Crippen molar-refractivity contribution < 1.29 is 36.9 Å². The van der Waals surface area contributed by atoms with E-state index in [4.69, 9.17) is 25.4 Å². The molecule has 1 aromatic rings. The first-order valence-electron chi connectivity index (χ1n) is 10.6. The maximum absolute atomic E-state index is 13.1. The van der Waals surface area contributed by atoms with Crippen LogP contribution in [0.25, 0.3) is 0 Å². The minimum Gasteiger partial charge on any atom is -0.434 e. The van der Waals surface area contributed by atoms with Gasteiger partial charge in [0.1, 0.15) is 31.1 Å². The summed E-state index contributed by atoms with van der Waals surface area (Å²) < 4.78 is 60.9. The number of unbranched alkanes of at least 4 members (excludes halogenated alkanes) is 4. The van der Waals surface area contributed by atoms with Crippen LogP contribution in [0.15, 0.2) is 15.8 Å². The van der Waals surface area contributed by atoms with Gasteiger partial charge in [0, 0.05) is 12.6 Å². The zero-order valence-corrected chi connectivity index (χ0v) is 18.2. The number of carbonyl (C=O) groups is 1. The number of aromatic amines is 1. The number of nitrogens with one attached hydrogen (secondary N) is 1. The van der Waals surface area contributed by atoms with Gasteiger partial charge in [0.25, 0.3) is 5.56 Å². The number of alkyl halides is 3. The molecule has 1 aliphatic heterocycles. The van der Waals surface area contributed by atoms with Gasteiger partial charge in [-0.2, -0.15) is 13.2 Å². The van der Waals surface area contributed by atoms with Crippen LogP contribution >= 0.6 is 0 Å². The van der Waals surface area contributed by atoms with Crippen LogP contribution < -0.4 is 11.2 Å². The molecule has 0 amide bonds. The van der Waals surface area contributed by atoms with Gasteiger partial charge in [0.2, 0.25) is 0 Å². The molecule has 0 radical (unpaired) electrons. The summed E-state index contributed by atoms with van der Waals surface area (Å²) in [4.78, 5) is 37.0. The van der Waals surface area contributed by atoms with Gasteiger partial charge in [-0.05, 0) is 6.42 Å². The molecular formula is C21H27F3N2O7. The molecular weight excluding hydrogens is 449 g/mol. The minimum absolute atomic E-state index is 0.0641. The zero-order valence-electron chi connectivity index (χ0n) is 18.2. The van der Waals surface area contributed by atoms with Crippen molar-refractivity contribution in [1.29, 1.82) is 0 Å². The van der Waals surface area contributed by atoms with E-state index in [2.05, 4.69) is 12.8 Å². The molecule has 0 aliphatic carbocycles. The molecule has 9 nitrogen and oxygen atoms in total. The fourth-order valence-corrected chi connectivity index (χ4v) is 3.31. The lowest BCUT2D eigenvalue weighted by Crippen LogP contribution is -2.36. The molecule has 1 aromatic heterocycles. The number of carbonyl (C=O) groups excluding carboxylic acids is 1. The number of terminal acetylenes is 1. The van der Waals surface area contributed by atoms with Crippen LogP contribution in [0.5, 0.6) is 0 Å². The molecule has 1 N–H and O–H groups in total. The first-order valence-corrected chi connectivity index (χ1v) is 10.6. The second-order valence-corrected chi connectivity index (χ2v) is 7.45. The van der Waals surface area contributed by atoms with E-state index >= 15 is 0 Å². The van der Waals surface area contributed by atoms with E-state index in [0.717, 1.165) is 25.7 Å². The Morgan fingerprint density at radius 1 is 1.27 bits per heavy atom. The van der Waals surface area contributed by atoms with Gasteiger partial charge in [-0.25, -0.2) is 9.59 Å². The molecule has 0 aromatic carbocycles. The van der Waals surface area contributed by atoms with Gasteiger partial charge in [-0.1, -0.05) is 38.5 Å². The molecule has 2 rings (SSSR count). The van der Waals surface area contributed by atoms with E-state index < -0.39 is 47.6 Å². The van der Waals surface area contributed by atoms with Gasteiger partial charge >= 0.3 is 18.0 Å². The average Bonchev–Trinajstić information content (AvgIpc) is 3.15. The summed E-state index contributed by atoms with van der Waals surface area (Å²) in [6.07, 6.45) is 1.57. The second-order valence-electron chi connectivity index (χ2n) is 7.45. The smallest absolute Gasteiger partial charge is 0.434 e. The third kappa shape index (κ3) is 7.94. The molecule has 3 atom stereocenters. The van der Waals surface area contributed by atoms with Gasteiger partial charge in [0.15, 0.2) is 0 Å². The van der Waals surface area contributed by atoms with Crippen molar-refractivity contribution in [2.45, 2.75) is 70.1 Å². The second kappa shape index (κ2) is 12.5. The van der Waals surface area contributed by atoms with Crippen LogP contribution in [-0.2, 0) is 25.1 Å². The summed E-state index contributed by atoms with van der Waals surface area (Å²) in [5.74, 6) is 2.26. The molecule has 1 fully saturated rings. The highest BCUT2D eigenvalue weighted by atomic mass is 19.4. The lowest BCUT2D eigenvalue weighted by Gasteiger charge is -2.18. The van der Waals surface area contributed by atoms with E-state index in [-0.39, 0.29) is 26.2 Å². The monoisotopic (exact) mass is 476 g/mol. The molecule has 0 bridgehead atoms. The molecule has 1 aliphatic rings. The highest BCUT2D eigenvalue weighted by Crippen LogP contribution is 2.32. The summed E-state index contributed by atoms with van der Waals surface area (Å²) in [5, 5.41) is 0.